The Bertz CT molecular complexity index is 338. The van der Waals surface area contributed by atoms with E-state index < -0.39 is 6.67 Å². The van der Waals surface area contributed by atoms with Gasteiger partial charge in [0, 0.05) is 0 Å². The molecule has 0 heterocycles. The van der Waals surface area contributed by atoms with Gasteiger partial charge in [-0.05, 0) is 36.5 Å². The third kappa shape index (κ3) is 2.12. The summed E-state index contributed by atoms with van der Waals surface area (Å²) < 4.78 is 17.3. The smallest absolute Gasteiger partial charge is 0.123 e. The van der Waals surface area contributed by atoms with Gasteiger partial charge in [0.1, 0.15) is 19.0 Å². The molecule has 1 atom stereocenters. The second kappa shape index (κ2) is 4.62. The molecule has 1 N–H and O–H groups in total. The number of ether oxygens (including phenoxy) is 1. The fourth-order valence-electron chi connectivity index (χ4n) is 2.07. The van der Waals surface area contributed by atoms with Gasteiger partial charge in [-0.15, -0.1) is 0 Å². The molecule has 2 rings (SSSR count). The topological polar surface area (TPSA) is 29.5 Å². The van der Waals surface area contributed by atoms with Gasteiger partial charge in [0.15, 0.2) is 0 Å². The van der Waals surface area contributed by atoms with Gasteiger partial charge in [0.25, 0.3) is 0 Å². The van der Waals surface area contributed by atoms with Gasteiger partial charge in [0.2, 0.25) is 0 Å². The Balaban J connectivity index is 2.27. The molecule has 1 aliphatic carbocycles. The maximum absolute atomic E-state index is 12.0. The number of hydrogen-bond donors (Lipinski definition) is 1. The van der Waals surface area contributed by atoms with Crippen LogP contribution in [0.15, 0.2) is 18.2 Å². The molecule has 3 heteroatoms. The Kier molecular flexibility index (Phi) is 3.21. The number of hydrogen-bond acceptors (Lipinski definition) is 2. The first kappa shape index (κ1) is 10.4. The summed E-state index contributed by atoms with van der Waals surface area (Å²) in [6, 6.07) is 5.61. The highest BCUT2D eigenvalue weighted by molar-refractivity contribution is 5.42. The Labute approximate surface area is 88.7 Å². The van der Waals surface area contributed by atoms with E-state index in [1.807, 2.05) is 18.2 Å². The third-order valence-electron chi connectivity index (χ3n) is 2.77. The van der Waals surface area contributed by atoms with E-state index in [0.29, 0.717) is 0 Å². The Morgan fingerprint density at radius 3 is 3.13 bits per heavy atom. The number of fused-ring (bicyclic) bond motifs is 1. The van der Waals surface area contributed by atoms with Gasteiger partial charge in [0.05, 0.1) is 6.10 Å². The third-order valence-corrected chi connectivity index (χ3v) is 2.77. The summed E-state index contributed by atoms with van der Waals surface area (Å²) in [4.78, 5) is 0. The van der Waals surface area contributed by atoms with Crippen molar-refractivity contribution in [3.8, 4) is 5.75 Å². The molecule has 82 valence electrons. The van der Waals surface area contributed by atoms with E-state index in [9.17, 15) is 9.50 Å². The summed E-state index contributed by atoms with van der Waals surface area (Å²) in [6.07, 6.45) is 2.29. The Morgan fingerprint density at radius 2 is 2.33 bits per heavy atom. The van der Waals surface area contributed by atoms with E-state index in [0.717, 1.165) is 36.1 Å². The molecular formula is C12H15FO2. The maximum atomic E-state index is 12.0. The molecule has 1 unspecified atom stereocenters. The van der Waals surface area contributed by atoms with Crippen LogP contribution in [0.4, 0.5) is 4.39 Å². The van der Waals surface area contributed by atoms with Crippen molar-refractivity contribution >= 4 is 0 Å². The minimum Gasteiger partial charge on any atom is -0.491 e. The molecule has 0 saturated heterocycles. The van der Waals surface area contributed by atoms with E-state index in [4.69, 9.17) is 4.74 Å². The number of aliphatic hydroxyl groups is 1. The molecule has 1 aromatic rings. The predicted molar refractivity (Wildman–Crippen MR) is 55.8 cm³/mol. The largest absolute Gasteiger partial charge is 0.491 e. The van der Waals surface area contributed by atoms with E-state index >= 15 is 0 Å². The van der Waals surface area contributed by atoms with Crippen molar-refractivity contribution < 1.29 is 14.2 Å². The Morgan fingerprint density at radius 1 is 1.47 bits per heavy atom. The van der Waals surface area contributed by atoms with E-state index in [-0.39, 0.29) is 12.7 Å². The molecule has 15 heavy (non-hydrogen) atoms. The van der Waals surface area contributed by atoms with Gasteiger partial charge in [-0.2, -0.15) is 0 Å². The number of aliphatic hydroxyl groups excluding tert-OH is 1. The molecule has 1 aromatic carbocycles. The molecule has 0 bridgehead atoms. The van der Waals surface area contributed by atoms with Crippen LogP contribution in [0.1, 0.15) is 30.1 Å². The fraction of sp³-hybridized carbons (Fsp3) is 0.500. The molecule has 0 spiro atoms. The molecule has 2 nitrogen and oxygen atoms in total. The van der Waals surface area contributed by atoms with Crippen LogP contribution in [0.2, 0.25) is 0 Å². The first-order valence-corrected chi connectivity index (χ1v) is 5.31. The van der Waals surface area contributed by atoms with Crippen LogP contribution in [0.3, 0.4) is 0 Å². The molecule has 0 amide bonds. The fourth-order valence-corrected chi connectivity index (χ4v) is 2.07. The normalized spacial score (nSPS) is 19.7. The summed E-state index contributed by atoms with van der Waals surface area (Å²) in [5.41, 5.74) is 1.99. The molecule has 0 saturated carbocycles. The zero-order valence-electron chi connectivity index (χ0n) is 8.58. The van der Waals surface area contributed by atoms with Gasteiger partial charge >= 0.3 is 0 Å². The zero-order valence-corrected chi connectivity index (χ0v) is 8.58. The summed E-state index contributed by atoms with van der Waals surface area (Å²) >= 11 is 0. The van der Waals surface area contributed by atoms with Gasteiger partial charge in [-0.25, -0.2) is 4.39 Å². The van der Waals surface area contributed by atoms with Gasteiger partial charge in [-0.1, -0.05) is 12.1 Å². The summed E-state index contributed by atoms with van der Waals surface area (Å²) in [5.74, 6) is 0.726. The lowest BCUT2D eigenvalue weighted by molar-refractivity contribution is 0.155. The van der Waals surface area contributed by atoms with Crippen LogP contribution in [0.25, 0.3) is 0 Å². The van der Waals surface area contributed by atoms with Crippen LogP contribution in [0, 0.1) is 0 Å². The predicted octanol–water partition coefficient (Wildman–Crippen LogP) is 2.40. The minimum atomic E-state index is -0.480. The number of benzene rings is 1. The average molecular weight is 210 g/mol. The zero-order chi connectivity index (χ0) is 10.7. The molecule has 1 aliphatic rings. The monoisotopic (exact) mass is 210 g/mol. The first-order chi connectivity index (χ1) is 7.33. The van der Waals surface area contributed by atoms with Crippen molar-refractivity contribution in [3.05, 3.63) is 29.3 Å². The van der Waals surface area contributed by atoms with Crippen LogP contribution in [-0.2, 0) is 6.42 Å². The molecule has 0 aliphatic heterocycles. The van der Waals surface area contributed by atoms with E-state index in [1.54, 1.807) is 0 Å². The number of rotatable bonds is 3. The summed E-state index contributed by atoms with van der Waals surface area (Å²) in [6.45, 7) is -0.390. The highest BCUT2D eigenvalue weighted by atomic mass is 19.1. The Hall–Kier alpha value is -1.09. The molecule has 0 fully saturated rings. The highest BCUT2D eigenvalue weighted by Crippen LogP contribution is 2.34. The van der Waals surface area contributed by atoms with Crippen LogP contribution >= 0.6 is 0 Å². The van der Waals surface area contributed by atoms with Crippen LogP contribution < -0.4 is 4.74 Å². The van der Waals surface area contributed by atoms with Crippen molar-refractivity contribution in [2.45, 2.75) is 25.4 Å². The molecule has 0 aromatic heterocycles. The van der Waals surface area contributed by atoms with E-state index in [1.165, 1.54) is 0 Å². The van der Waals surface area contributed by atoms with Crippen molar-refractivity contribution in [2.75, 3.05) is 13.3 Å². The first-order valence-electron chi connectivity index (χ1n) is 5.31. The second-order valence-corrected chi connectivity index (χ2v) is 3.77. The van der Waals surface area contributed by atoms with Gasteiger partial charge in [-0.3, -0.25) is 0 Å². The lowest BCUT2D eigenvalue weighted by Gasteiger charge is -2.23. The minimum absolute atomic E-state index is 0.0898. The van der Waals surface area contributed by atoms with Crippen LogP contribution in [0.5, 0.6) is 5.75 Å². The average Bonchev–Trinajstić information content (AvgIpc) is 2.27. The van der Waals surface area contributed by atoms with Crippen molar-refractivity contribution in [1.29, 1.82) is 0 Å². The summed E-state index contributed by atoms with van der Waals surface area (Å²) in [7, 11) is 0. The summed E-state index contributed by atoms with van der Waals surface area (Å²) in [5, 5.41) is 9.78. The van der Waals surface area contributed by atoms with Crippen molar-refractivity contribution in [1.82, 2.24) is 0 Å². The van der Waals surface area contributed by atoms with Gasteiger partial charge < -0.3 is 9.84 Å². The number of halogens is 1. The van der Waals surface area contributed by atoms with Crippen LogP contribution in [-0.4, -0.2) is 18.4 Å². The van der Waals surface area contributed by atoms with Crippen molar-refractivity contribution in [3.63, 3.8) is 0 Å². The quantitative estimate of drug-likeness (QED) is 0.830. The lowest BCUT2D eigenvalue weighted by Crippen LogP contribution is -2.11. The number of alkyl halides is 1. The van der Waals surface area contributed by atoms with Crippen molar-refractivity contribution in [2.24, 2.45) is 0 Å². The highest BCUT2D eigenvalue weighted by Gasteiger charge is 2.20. The molecular weight excluding hydrogens is 195 g/mol. The SMILES string of the molecule is OC1CCCc2c(OCCF)cccc21. The standard InChI is InChI=1S/C12H15FO2/c13-7-8-15-12-6-2-3-9-10(12)4-1-5-11(9)14/h2-3,6,11,14H,1,4-5,7-8H2. The lowest BCUT2D eigenvalue weighted by atomic mass is 9.89. The maximum Gasteiger partial charge on any atom is 0.123 e. The van der Waals surface area contributed by atoms with E-state index in [2.05, 4.69) is 0 Å². The second-order valence-electron chi connectivity index (χ2n) is 3.77. The molecule has 0 radical (unpaired) electrons.